The predicted molar refractivity (Wildman–Crippen MR) is 123 cm³/mol. The highest BCUT2D eigenvalue weighted by molar-refractivity contribution is 6.36. The Hall–Kier alpha value is -3.14. The van der Waals surface area contributed by atoms with E-state index in [1.165, 1.54) is 10.9 Å². The molecular weight excluding hydrogens is 513 g/mol. The van der Waals surface area contributed by atoms with Crippen molar-refractivity contribution in [3.63, 3.8) is 0 Å². The van der Waals surface area contributed by atoms with Gasteiger partial charge in [0.05, 0.1) is 12.1 Å². The molecule has 2 aromatic heterocycles. The number of carbonyl (C=O) groups is 1. The Morgan fingerprint density at radius 2 is 1.85 bits per heavy atom. The molecule has 1 N–H and O–H groups in total. The standard InChI is InChI=1S/C22H15Cl3F2N4O3/c1-11-14(10-33-19-6-5-12(26)7-18(19)27)20(30-34-11)22(32)28-21-17(25)9-31(29-21)8-13-15(23)3-2-4-16(13)24/h2-7,9H,8,10H2,1H3,(H,28,29,32). The quantitative estimate of drug-likeness (QED) is 0.305. The summed E-state index contributed by atoms with van der Waals surface area (Å²) in [5, 5.41) is 11.7. The summed E-state index contributed by atoms with van der Waals surface area (Å²) in [4.78, 5) is 12.8. The maximum atomic E-state index is 13.9. The minimum absolute atomic E-state index is 0.0759. The van der Waals surface area contributed by atoms with Crippen LogP contribution in [0.4, 0.5) is 14.6 Å². The molecule has 0 spiro atoms. The Morgan fingerprint density at radius 3 is 2.56 bits per heavy atom. The molecule has 7 nitrogen and oxygen atoms in total. The van der Waals surface area contributed by atoms with Crippen molar-refractivity contribution in [3.8, 4) is 5.75 Å². The maximum absolute atomic E-state index is 13.9. The number of ether oxygens (including phenoxy) is 1. The van der Waals surface area contributed by atoms with Crippen LogP contribution in [-0.2, 0) is 13.2 Å². The number of nitrogens with one attached hydrogen (secondary N) is 1. The van der Waals surface area contributed by atoms with Crippen LogP contribution in [0.1, 0.15) is 27.4 Å². The lowest BCUT2D eigenvalue weighted by molar-refractivity contribution is 0.101. The molecule has 0 saturated heterocycles. The summed E-state index contributed by atoms with van der Waals surface area (Å²) in [6.07, 6.45) is 1.51. The monoisotopic (exact) mass is 526 g/mol. The summed E-state index contributed by atoms with van der Waals surface area (Å²) in [5.41, 5.74) is 0.821. The number of carbonyl (C=O) groups excluding carboxylic acids is 1. The number of hydrogen-bond donors (Lipinski definition) is 1. The molecule has 2 aromatic carbocycles. The van der Waals surface area contributed by atoms with E-state index in [2.05, 4.69) is 15.6 Å². The fraction of sp³-hybridized carbons (Fsp3) is 0.136. The highest BCUT2D eigenvalue weighted by Crippen LogP contribution is 2.27. The number of aromatic nitrogens is 3. The molecule has 34 heavy (non-hydrogen) atoms. The van der Waals surface area contributed by atoms with Crippen LogP contribution >= 0.6 is 34.8 Å². The molecule has 176 valence electrons. The van der Waals surface area contributed by atoms with E-state index in [0.717, 1.165) is 12.1 Å². The van der Waals surface area contributed by atoms with Gasteiger partial charge in [0, 0.05) is 27.9 Å². The van der Waals surface area contributed by atoms with E-state index in [-0.39, 0.29) is 46.8 Å². The average molecular weight is 528 g/mol. The van der Waals surface area contributed by atoms with Gasteiger partial charge in [-0.2, -0.15) is 5.10 Å². The fourth-order valence-corrected chi connectivity index (χ4v) is 3.77. The normalized spacial score (nSPS) is 11.0. The lowest BCUT2D eigenvalue weighted by atomic mass is 10.2. The van der Waals surface area contributed by atoms with Crippen molar-refractivity contribution in [2.24, 2.45) is 0 Å². The van der Waals surface area contributed by atoms with Gasteiger partial charge >= 0.3 is 0 Å². The summed E-state index contributed by atoms with van der Waals surface area (Å²) < 4.78 is 38.9. The third kappa shape index (κ3) is 5.16. The van der Waals surface area contributed by atoms with Crippen molar-refractivity contribution in [2.75, 3.05) is 5.32 Å². The average Bonchev–Trinajstić information content (AvgIpc) is 3.32. The third-order valence-corrected chi connectivity index (χ3v) is 5.78. The molecule has 0 fully saturated rings. The zero-order valence-corrected chi connectivity index (χ0v) is 19.7. The smallest absolute Gasteiger partial charge is 0.279 e. The summed E-state index contributed by atoms with van der Waals surface area (Å²) in [6, 6.07) is 8.01. The topological polar surface area (TPSA) is 82.2 Å². The second kappa shape index (κ2) is 10.0. The minimum atomic E-state index is -0.879. The summed E-state index contributed by atoms with van der Waals surface area (Å²) >= 11 is 18.6. The number of amides is 1. The third-order valence-electron chi connectivity index (χ3n) is 4.80. The van der Waals surface area contributed by atoms with E-state index < -0.39 is 17.5 Å². The van der Waals surface area contributed by atoms with Gasteiger partial charge in [0.2, 0.25) is 0 Å². The van der Waals surface area contributed by atoms with Gasteiger partial charge in [-0.25, -0.2) is 8.78 Å². The highest BCUT2D eigenvalue weighted by Gasteiger charge is 2.23. The number of nitrogens with zero attached hydrogens (tertiary/aromatic N) is 3. The molecule has 2 heterocycles. The van der Waals surface area contributed by atoms with E-state index >= 15 is 0 Å². The van der Waals surface area contributed by atoms with Crippen LogP contribution in [0.15, 0.2) is 47.1 Å². The number of benzene rings is 2. The number of hydrogen-bond acceptors (Lipinski definition) is 5. The van der Waals surface area contributed by atoms with Crippen molar-refractivity contribution < 1.29 is 22.8 Å². The zero-order chi connectivity index (χ0) is 24.4. The molecule has 0 unspecified atom stereocenters. The second-order valence-electron chi connectivity index (χ2n) is 7.11. The molecule has 0 bridgehead atoms. The minimum Gasteiger partial charge on any atom is -0.486 e. The number of anilines is 1. The zero-order valence-electron chi connectivity index (χ0n) is 17.4. The molecule has 0 saturated carbocycles. The molecule has 4 rings (SSSR count). The van der Waals surface area contributed by atoms with Crippen molar-refractivity contribution in [3.05, 3.63) is 91.9 Å². The Balaban J connectivity index is 1.49. The van der Waals surface area contributed by atoms with Crippen LogP contribution in [0.2, 0.25) is 15.1 Å². The molecule has 1 amide bonds. The van der Waals surface area contributed by atoms with E-state index in [1.807, 2.05) is 0 Å². The predicted octanol–water partition coefficient (Wildman–Crippen LogP) is 6.30. The van der Waals surface area contributed by atoms with E-state index in [1.54, 1.807) is 25.1 Å². The molecule has 0 radical (unpaired) electrons. The van der Waals surface area contributed by atoms with Crippen LogP contribution in [0.5, 0.6) is 5.75 Å². The molecule has 4 aromatic rings. The Kier molecular flexibility index (Phi) is 7.06. The lowest BCUT2D eigenvalue weighted by Gasteiger charge is -2.08. The Bertz CT molecular complexity index is 1350. The molecule has 0 atom stereocenters. The van der Waals surface area contributed by atoms with Crippen molar-refractivity contribution in [1.82, 2.24) is 14.9 Å². The maximum Gasteiger partial charge on any atom is 0.279 e. The first-order valence-corrected chi connectivity index (χ1v) is 10.9. The molecule has 0 aliphatic rings. The van der Waals surface area contributed by atoms with Crippen molar-refractivity contribution in [2.45, 2.75) is 20.1 Å². The summed E-state index contributed by atoms with van der Waals surface area (Å²) in [6.45, 7) is 1.55. The summed E-state index contributed by atoms with van der Waals surface area (Å²) in [7, 11) is 0. The van der Waals surface area contributed by atoms with Gasteiger partial charge in [-0.15, -0.1) is 0 Å². The van der Waals surface area contributed by atoms with Gasteiger partial charge < -0.3 is 14.6 Å². The fourth-order valence-electron chi connectivity index (χ4n) is 3.06. The van der Waals surface area contributed by atoms with Gasteiger partial charge in [0.25, 0.3) is 5.91 Å². The molecule has 0 aliphatic carbocycles. The first kappa shape index (κ1) is 24.0. The van der Waals surface area contributed by atoms with Gasteiger partial charge in [0.1, 0.15) is 23.2 Å². The first-order valence-electron chi connectivity index (χ1n) is 9.73. The van der Waals surface area contributed by atoms with E-state index in [4.69, 9.17) is 44.1 Å². The number of rotatable bonds is 7. The Labute approximate surface area is 207 Å². The van der Waals surface area contributed by atoms with Crippen LogP contribution in [0.25, 0.3) is 0 Å². The summed E-state index contributed by atoms with van der Waals surface area (Å²) in [5.74, 6) is -2.11. The Morgan fingerprint density at radius 1 is 1.12 bits per heavy atom. The van der Waals surface area contributed by atoms with Crippen LogP contribution in [0.3, 0.4) is 0 Å². The van der Waals surface area contributed by atoms with Gasteiger partial charge in [0.15, 0.2) is 23.1 Å². The second-order valence-corrected chi connectivity index (χ2v) is 8.33. The molecule has 12 heteroatoms. The van der Waals surface area contributed by atoms with Crippen molar-refractivity contribution >= 4 is 46.5 Å². The van der Waals surface area contributed by atoms with Crippen LogP contribution in [0, 0.1) is 18.6 Å². The van der Waals surface area contributed by atoms with Gasteiger partial charge in [-0.3, -0.25) is 9.48 Å². The van der Waals surface area contributed by atoms with Crippen LogP contribution in [-0.4, -0.2) is 20.8 Å². The number of aryl methyl sites for hydroxylation is 1. The number of halogens is 5. The first-order chi connectivity index (χ1) is 16.2. The van der Waals surface area contributed by atoms with Crippen molar-refractivity contribution in [1.29, 1.82) is 0 Å². The highest BCUT2D eigenvalue weighted by atomic mass is 35.5. The van der Waals surface area contributed by atoms with Gasteiger partial charge in [-0.05, 0) is 31.2 Å². The van der Waals surface area contributed by atoms with Crippen LogP contribution < -0.4 is 10.1 Å². The van der Waals surface area contributed by atoms with E-state index in [9.17, 15) is 13.6 Å². The molecule has 0 aliphatic heterocycles. The van der Waals surface area contributed by atoms with Gasteiger partial charge in [-0.1, -0.05) is 46.0 Å². The molecular formula is C22H15Cl3F2N4O3. The van der Waals surface area contributed by atoms with E-state index in [0.29, 0.717) is 21.7 Å². The largest absolute Gasteiger partial charge is 0.486 e. The lowest BCUT2D eigenvalue weighted by Crippen LogP contribution is -2.16. The SMILES string of the molecule is Cc1onc(C(=O)Nc2nn(Cc3c(Cl)cccc3Cl)cc2Cl)c1COc1ccc(F)cc1F.